The SMILES string of the molecule is CCOC(=O)C1(C)C=CC(C)(C)CC1. The van der Waals surface area contributed by atoms with Crippen molar-refractivity contribution in [2.75, 3.05) is 6.61 Å². The van der Waals surface area contributed by atoms with Crippen LogP contribution in [-0.4, -0.2) is 12.6 Å². The summed E-state index contributed by atoms with van der Waals surface area (Å²) in [5.41, 5.74) is -0.169. The molecule has 14 heavy (non-hydrogen) atoms. The molecule has 0 heterocycles. The topological polar surface area (TPSA) is 26.3 Å². The zero-order valence-corrected chi connectivity index (χ0v) is 9.59. The Morgan fingerprint density at radius 2 is 1.93 bits per heavy atom. The minimum absolute atomic E-state index is 0.0910. The van der Waals surface area contributed by atoms with Gasteiger partial charge in [-0.25, -0.2) is 0 Å². The fourth-order valence-electron chi connectivity index (χ4n) is 1.62. The molecule has 2 heteroatoms. The Morgan fingerprint density at radius 3 is 2.36 bits per heavy atom. The van der Waals surface area contributed by atoms with E-state index in [2.05, 4.69) is 19.9 Å². The molecule has 80 valence electrons. The van der Waals surface area contributed by atoms with E-state index < -0.39 is 5.41 Å². The number of hydrogen-bond donors (Lipinski definition) is 0. The number of ether oxygens (including phenoxy) is 1. The predicted molar refractivity (Wildman–Crippen MR) is 56.9 cm³/mol. The Morgan fingerprint density at radius 1 is 1.29 bits per heavy atom. The highest BCUT2D eigenvalue weighted by molar-refractivity contribution is 5.78. The number of hydrogen-bond acceptors (Lipinski definition) is 2. The van der Waals surface area contributed by atoms with E-state index in [0.29, 0.717) is 6.61 Å². The molecule has 0 fully saturated rings. The van der Waals surface area contributed by atoms with Crippen LogP contribution >= 0.6 is 0 Å². The highest BCUT2D eigenvalue weighted by atomic mass is 16.5. The maximum atomic E-state index is 11.7. The molecule has 1 rings (SSSR count). The van der Waals surface area contributed by atoms with E-state index in [9.17, 15) is 4.79 Å². The maximum Gasteiger partial charge on any atom is 0.315 e. The van der Waals surface area contributed by atoms with Gasteiger partial charge >= 0.3 is 5.97 Å². The lowest BCUT2D eigenvalue weighted by atomic mass is 9.71. The Hall–Kier alpha value is -0.790. The number of carbonyl (C=O) groups excluding carboxylic acids is 1. The molecule has 0 bridgehead atoms. The lowest BCUT2D eigenvalue weighted by Gasteiger charge is -2.33. The van der Waals surface area contributed by atoms with Crippen molar-refractivity contribution in [2.45, 2.75) is 40.5 Å². The van der Waals surface area contributed by atoms with Crippen molar-refractivity contribution in [3.8, 4) is 0 Å². The third-order valence-electron chi connectivity index (χ3n) is 2.93. The van der Waals surface area contributed by atoms with Gasteiger partial charge in [-0.3, -0.25) is 4.79 Å². The minimum Gasteiger partial charge on any atom is -0.465 e. The second kappa shape index (κ2) is 3.76. The second-order valence-electron chi connectivity index (χ2n) is 4.96. The van der Waals surface area contributed by atoms with Crippen molar-refractivity contribution in [2.24, 2.45) is 10.8 Å². The Labute approximate surface area is 86.3 Å². The van der Waals surface area contributed by atoms with Crippen LogP contribution < -0.4 is 0 Å². The summed E-state index contributed by atoms with van der Waals surface area (Å²) in [4.78, 5) is 11.7. The van der Waals surface area contributed by atoms with Crippen LogP contribution in [0.2, 0.25) is 0 Å². The average Bonchev–Trinajstić information content (AvgIpc) is 2.11. The molecule has 0 amide bonds. The molecule has 0 saturated heterocycles. The van der Waals surface area contributed by atoms with Crippen LogP contribution in [0.5, 0.6) is 0 Å². The first-order valence-corrected chi connectivity index (χ1v) is 5.27. The predicted octanol–water partition coefficient (Wildman–Crippen LogP) is 2.93. The molecule has 0 aromatic rings. The summed E-state index contributed by atoms with van der Waals surface area (Å²) in [6.45, 7) is 8.64. The number of esters is 1. The summed E-state index contributed by atoms with van der Waals surface area (Å²) >= 11 is 0. The van der Waals surface area contributed by atoms with Gasteiger partial charge in [0.25, 0.3) is 0 Å². The monoisotopic (exact) mass is 196 g/mol. The molecule has 1 atom stereocenters. The fraction of sp³-hybridized carbons (Fsp3) is 0.750. The molecule has 1 aliphatic rings. The molecule has 1 unspecified atom stereocenters. The molecule has 1 aliphatic carbocycles. The Balaban J connectivity index is 2.74. The third-order valence-corrected chi connectivity index (χ3v) is 2.93. The van der Waals surface area contributed by atoms with Crippen LogP contribution in [0.3, 0.4) is 0 Å². The van der Waals surface area contributed by atoms with E-state index in [1.54, 1.807) is 0 Å². The van der Waals surface area contributed by atoms with Crippen LogP contribution in [0.15, 0.2) is 12.2 Å². The zero-order chi connectivity index (χ0) is 10.8. The van der Waals surface area contributed by atoms with Gasteiger partial charge in [0.05, 0.1) is 12.0 Å². The van der Waals surface area contributed by atoms with Crippen molar-refractivity contribution in [3.63, 3.8) is 0 Å². The van der Waals surface area contributed by atoms with Gasteiger partial charge in [0.15, 0.2) is 0 Å². The standard InChI is InChI=1S/C12H20O2/c1-5-14-10(13)12(4)8-6-11(2,3)7-9-12/h6,8H,5,7,9H2,1-4H3. The van der Waals surface area contributed by atoms with Gasteiger partial charge in [0.1, 0.15) is 0 Å². The average molecular weight is 196 g/mol. The van der Waals surface area contributed by atoms with E-state index in [1.165, 1.54) is 0 Å². The van der Waals surface area contributed by atoms with E-state index in [-0.39, 0.29) is 11.4 Å². The second-order valence-corrected chi connectivity index (χ2v) is 4.96. The van der Waals surface area contributed by atoms with Crippen molar-refractivity contribution in [1.82, 2.24) is 0 Å². The molecule has 0 radical (unpaired) electrons. The smallest absolute Gasteiger partial charge is 0.315 e. The van der Waals surface area contributed by atoms with Crippen molar-refractivity contribution in [1.29, 1.82) is 0 Å². The summed E-state index contributed by atoms with van der Waals surface area (Å²) in [5, 5.41) is 0. The van der Waals surface area contributed by atoms with E-state index in [4.69, 9.17) is 4.74 Å². The number of rotatable bonds is 2. The number of carbonyl (C=O) groups is 1. The highest BCUT2D eigenvalue weighted by Gasteiger charge is 2.37. The van der Waals surface area contributed by atoms with Gasteiger partial charge in [0, 0.05) is 0 Å². The van der Waals surface area contributed by atoms with Gasteiger partial charge in [-0.05, 0) is 32.1 Å². The van der Waals surface area contributed by atoms with Crippen molar-refractivity contribution < 1.29 is 9.53 Å². The van der Waals surface area contributed by atoms with Gasteiger partial charge in [-0.15, -0.1) is 0 Å². The molecule has 0 N–H and O–H groups in total. The molecule has 0 saturated carbocycles. The molecule has 2 nitrogen and oxygen atoms in total. The quantitative estimate of drug-likeness (QED) is 0.501. The largest absolute Gasteiger partial charge is 0.465 e. The van der Waals surface area contributed by atoms with E-state index in [1.807, 2.05) is 19.9 Å². The summed E-state index contributed by atoms with van der Waals surface area (Å²) in [7, 11) is 0. The normalized spacial score (nSPS) is 30.0. The molecule has 0 spiro atoms. The first-order chi connectivity index (χ1) is 6.40. The van der Waals surface area contributed by atoms with E-state index in [0.717, 1.165) is 12.8 Å². The first kappa shape index (κ1) is 11.3. The highest BCUT2D eigenvalue weighted by Crippen LogP contribution is 2.39. The lowest BCUT2D eigenvalue weighted by Crippen LogP contribution is -2.32. The van der Waals surface area contributed by atoms with Crippen LogP contribution in [0.25, 0.3) is 0 Å². The van der Waals surface area contributed by atoms with Crippen LogP contribution in [0.4, 0.5) is 0 Å². The van der Waals surface area contributed by atoms with Gasteiger partial charge < -0.3 is 4.74 Å². The third kappa shape index (κ3) is 2.37. The van der Waals surface area contributed by atoms with Gasteiger partial charge in [0.2, 0.25) is 0 Å². The van der Waals surface area contributed by atoms with Gasteiger partial charge in [-0.1, -0.05) is 26.0 Å². The minimum atomic E-state index is -0.397. The molecular weight excluding hydrogens is 176 g/mol. The van der Waals surface area contributed by atoms with Crippen molar-refractivity contribution in [3.05, 3.63) is 12.2 Å². The van der Waals surface area contributed by atoms with Gasteiger partial charge in [-0.2, -0.15) is 0 Å². The van der Waals surface area contributed by atoms with E-state index >= 15 is 0 Å². The Kier molecular flexibility index (Phi) is 3.03. The molecular formula is C12H20O2. The summed E-state index contributed by atoms with van der Waals surface area (Å²) in [5.74, 6) is -0.0910. The maximum absolute atomic E-state index is 11.7. The van der Waals surface area contributed by atoms with Crippen LogP contribution in [0, 0.1) is 10.8 Å². The molecule has 0 aliphatic heterocycles. The molecule has 0 aromatic carbocycles. The fourth-order valence-corrected chi connectivity index (χ4v) is 1.62. The van der Waals surface area contributed by atoms with Crippen LogP contribution in [-0.2, 0) is 9.53 Å². The lowest BCUT2D eigenvalue weighted by molar-refractivity contribution is -0.152. The first-order valence-electron chi connectivity index (χ1n) is 5.27. The van der Waals surface area contributed by atoms with Crippen LogP contribution in [0.1, 0.15) is 40.5 Å². The molecule has 0 aromatic heterocycles. The summed E-state index contributed by atoms with van der Waals surface area (Å²) < 4.78 is 5.06. The Bertz CT molecular complexity index is 253. The zero-order valence-electron chi connectivity index (χ0n) is 9.59. The summed E-state index contributed by atoms with van der Waals surface area (Å²) in [6.07, 6.45) is 6.07. The number of allylic oxidation sites excluding steroid dienone is 1. The summed E-state index contributed by atoms with van der Waals surface area (Å²) in [6, 6.07) is 0. The van der Waals surface area contributed by atoms with Crippen molar-refractivity contribution >= 4 is 5.97 Å².